The molecule has 4 nitrogen and oxygen atoms in total. The van der Waals surface area contributed by atoms with E-state index in [1.807, 2.05) is 51.1 Å². The molecule has 2 aromatic rings. The molecule has 0 aliphatic heterocycles. The average molecular weight is 275 g/mol. The summed E-state index contributed by atoms with van der Waals surface area (Å²) in [5, 5.41) is 1.05. The number of carbonyl (C=O) groups is 1. The van der Waals surface area contributed by atoms with E-state index in [1.165, 1.54) is 0 Å². The Hall–Kier alpha value is -1.81. The van der Waals surface area contributed by atoms with Gasteiger partial charge in [0, 0.05) is 12.4 Å². The fourth-order valence-corrected chi connectivity index (χ4v) is 1.95. The van der Waals surface area contributed by atoms with Gasteiger partial charge in [-0.25, -0.2) is 0 Å². The van der Waals surface area contributed by atoms with Crippen LogP contribution in [0.15, 0.2) is 34.7 Å². The topological polar surface area (TPSA) is 42.7 Å². The van der Waals surface area contributed by atoms with E-state index in [9.17, 15) is 4.79 Å². The van der Waals surface area contributed by atoms with Gasteiger partial charge in [-0.1, -0.05) is 18.2 Å². The third kappa shape index (κ3) is 3.20. The van der Waals surface area contributed by atoms with E-state index in [2.05, 4.69) is 0 Å². The second-order valence-electron chi connectivity index (χ2n) is 5.23. The van der Waals surface area contributed by atoms with Gasteiger partial charge >= 0.3 is 0 Å². The molecule has 0 radical (unpaired) electrons. The first kappa shape index (κ1) is 14.6. The van der Waals surface area contributed by atoms with Crippen LogP contribution in [0.5, 0.6) is 0 Å². The normalized spacial score (nSPS) is 12.8. The molecule has 0 bridgehead atoms. The number of nitrogens with zero attached hydrogens (tertiary/aromatic N) is 1. The third-order valence-corrected chi connectivity index (χ3v) is 3.37. The first-order chi connectivity index (χ1) is 9.49. The highest BCUT2D eigenvalue weighted by Gasteiger charge is 2.20. The van der Waals surface area contributed by atoms with Crippen LogP contribution in [0.25, 0.3) is 11.0 Å². The number of fused-ring (bicyclic) bond motifs is 1. The Bertz CT molecular complexity index is 555. The second-order valence-corrected chi connectivity index (χ2v) is 5.23. The molecule has 20 heavy (non-hydrogen) atoms. The zero-order valence-electron chi connectivity index (χ0n) is 12.4. The summed E-state index contributed by atoms with van der Waals surface area (Å²) >= 11 is 0. The van der Waals surface area contributed by atoms with Gasteiger partial charge in [0.2, 0.25) is 5.91 Å². The Morgan fingerprint density at radius 3 is 2.65 bits per heavy atom. The summed E-state index contributed by atoms with van der Waals surface area (Å²) in [6.07, 6.45) is 0.0499. The van der Waals surface area contributed by atoms with Crippen molar-refractivity contribution in [3.8, 4) is 0 Å². The minimum absolute atomic E-state index is 0.0494. The molecule has 1 heterocycles. The SMILES string of the molecule is CC(C)OCC(=O)N(C)C(C)c1cc2ccccc2o1. The number of likely N-dealkylation sites (N-methyl/N-ethyl adjacent to an activating group) is 1. The van der Waals surface area contributed by atoms with Crippen molar-refractivity contribution in [1.82, 2.24) is 4.90 Å². The first-order valence-corrected chi connectivity index (χ1v) is 6.84. The minimum Gasteiger partial charge on any atom is -0.459 e. The lowest BCUT2D eigenvalue weighted by Gasteiger charge is -2.23. The molecule has 0 saturated heterocycles. The summed E-state index contributed by atoms with van der Waals surface area (Å²) in [4.78, 5) is 13.7. The lowest BCUT2D eigenvalue weighted by atomic mass is 10.2. The van der Waals surface area contributed by atoms with E-state index >= 15 is 0 Å². The van der Waals surface area contributed by atoms with Crippen LogP contribution >= 0.6 is 0 Å². The number of furan rings is 1. The van der Waals surface area contributed by atoms with Crippen LogP contribution in [-0.2, 0) is 9.53 Å². The Kier molecular flexibility index (Phi) is 4.45. The van der Waals surface area contributed by atoms with Gasteiger partial charge in [0.25, 0.3) is 0 Å². The summed E-state index contributed by atoms with van der Waals surface area (Å²) in [5.41, 5.74) is 0.841. The van der Waals surface area contributed by atoms with E-state index < -0.39 is 0 Å². The molecular formula is C16H21NO3. The zero-order chi connectivity index (χ0) is 14.7. The van der Waals surface area contributed by atoms with Gasteiger partial charge in [0.1, 0.15) is 18.0 Å². The predicted octanol–water partition coefficient (Wildman–Crippen LogP) is 3.38. The molecule has 108 valence electrons. The van der Waals surface area contributed by atoms with E-state index in [1.54, 1.807) is 11.9 Å². The molecule has 0 saturated carbocycles. The highest BCUT2D eigenvalue weighted by atomic mass is 16.5. The number of amides is 1. The number of para-hydroxylation sites is 1. The van der Waals surface area contributed by atoms with Crippen LogP contribution in [-0.4, -0.2) is 30.6 Å². The number of ether oxygens (including phenoxy) is 1. The monoisotopic (exact) mass is 275 g/mol. The molecule has 0 aliphatic carbocycles. The van der Waals surface area contributed by atoms with Crippen LogP contribution in [0.1, 0.15) is 32.6 Å². The minimum atomic E-state index is -0.120. The summed E-state index contributed by atoms with van der Waals surface area (Å²) in [5.74, 6) is 0.734. The van der Waals surface area contributed by atoms with E-state index in [4.69, 9.17) is 9.15 Å². The maximum atomic E-state index is 12.0. The smallest absolute Gasteiger partial charge is 0.248 e. The largest absolute Gasteiger partial charge is 0.459 e. The molecule has 1 unspecified atom stereocenters. The summed E-state index contributed by atoms with van der Waals surface area (Å²) in [7, 11) is 1.77. The van der Waals surface area contributed by atoms with Gasteiger partial charge in [-0.05, 0) is 32.9 Å². The lowest BCUT2D eigenvalue weighted by molar-refractivity contribution is -0.138. The summed E-state index contributed by atoms with van der Waals surface area (Å²) < 4.78 is 11.1. The van der Waals surface area contributed by atoms with Crippen molar-refractivity contribution in [2.24, 2.45) is 0 Å². The molecule has 1 aromatic heterocycles. The number of rotatable bonds is 5. The quantitative estimate of drug-likeness (QED) is 0.840. The van der Waals surface area contributed by atoms with Crippen molar-refractivity contribution in [2.75, 3.05) is 13.7 Å². The molecule has 0 spiro atoms. The van der Waals surface area contributed by atoms with Gasteiger partial charge in [0.15, 0.2) is 0 Å². The molecule has 4 heteroatoms. The standard InChI is InChI=1S/C16H21NO3/c1-11(2)19-10-16(18)17(4)12(3)15-9-13-7-5-6-8-14(13)20-15/h5-9,11-12H,10H2,1-4H3. The van der Waals surface area contributed by atoms with Gasteiger partial charge in [-0.3, -0.25) is 4.79 Å². The van der Waals surface area contributed by atoms with Crippen LogP contribution in [0.2, 0.25) is 0 Å². The molecule has 0 aliphatic rings. The predicted molar refractivity (Wildman–Crippen MR) is 78.5 cm³/mol. The van der Waals surface area contributed by atoms with Gasteiger partial charge in [0.05, 0.1) is 12.1 Å². The van der Waals surface area contributed by atoms with E-state index in [-0.39, 0.29) is 24.7 Å². The first-order valence-electron chi connectivity index (χ1n) is 6.84. The van der Waals surface area contributed by atoms with Crippen LogP contribution in [0.3, 0.4) is 0 Å². The Morgan fingerprint density at radius 1 is 1.30 bits per heavy atom. The molecule has 2 rings (SSSR count). The highest BCUT2D eigenvalue weighted by molar-refractivity contribution is 5.79. The number of hydrogen-bond acceptors (Lipinski definition) is 3. The van der Waals surface area contributed by atoms with E-state index in [0.717, 1.165) is 16.7 Å². The fourth-order valence-electron chi connectivity index (χ4n) is 1.95. The highest BCUT2D eigenvalue weighted by Crippen LogP contribution is 2.26. The van der Waals surface area contributed by atoms with Gasteiger partial charge < -0.3 is 14.1 Å². The van der Waals surface area contributed by atoms with Crippen molar-refractivity contribution < 1.29 is 13.9 Å². The Morgan fingerprint density at radius 2 is 2.00 bits per heavy atom. The van der Waals surface area contributed by atoms with Gasteiger partial charge in [-0.15, -0.1) is 0 Å². The van der Waals surface area contributed by atoms with Crippen LogP contribution in [0, 0.1) is 0 Å². The Labute approximate surface area is 119 Å². The summed E-state index contributed by atoms with van der Waals surface area (Å²) in [6, 6.07) is 9.69. The lowest BCUT2D eigenvalue weighted by Crippen LogP contribution is -2.33. The van der Waals surface area contributed by atoms with Crippen molar-refractivity contribution in [2.45, 2.75) is 32.9 Å². The number of hydrogen-bond donors (Lipinski definition) is 0. The van der Waals surface area contributed by atoms with Crippen molar-refractivity contribution >= 4 is 16.9 Å². The maximum absolute atomic E-state index is 12.0. The molecule has 1 aromatic carbocycles. The zero-order valence-corrected chi connectivity index (χ0v) is 12.4. The Balaban J connectivity index is 2.09. The van der Waals surface area contributed by atoms with Crippen LogP contribution < -0.4 is 0 Å². The number of carbonyl (C=O) groups excluding carboxylic acids is 1. The number of benzene rings is 1. The van der Waals surface area contributed by atoms with E-state index in [0.29, 0.717) is 0 Å². The molecule has 0 fully saturated rings. The van der Waals surface area contributed by atoms with Gasteiger partial charge in [-0.2, -0.15) is 0 Å². The van der Waals surface area contributed by atoms with Crippen molar-refractivity contribution in [3.05, 3.63) is 36.1 Å². The average Bonchev–Trinajstić information content (AvgIpc) is 2.86. The molecule has 1 amide bonds. The van der Waals surface area contributed by atoms with Crippen molar-refractivity contribution in [3.63, 3.8) is 0 Å². The second kappa shape index (κ2) is 6.09. The fraction of sp³-hybridized carbons (Fsp3) is 0.438. The summed E-state index contributed by atoms with van der Waals surface area (Å²) in [6.45, 7) is 5.87. The molecular weight excluding hydrogens is 254 g/mol. The molecule has 1 atom stereocenters. The van der Waals surface area contributed by atoms with Crippen LogP contribution in [0.4, 0.5) is 0 Å². The third-order valence-electron chi connectivity index (χ3n) is 3.37. The molecule has 0 N–H and O–H groups in total. The maximum Gasteiger partial charge on any atom is 0.248 e. The van der Waals surface area contributed by atoms with Crippen molar-refractivity contribution in [1.29, 1.82) is 0 Å².